The lowest BCUT2D eigenvalue weighted by molar-refractivity contribution is -0.121. The van der Waals surface area contributed by atoms with Crippen LogP contribution in [0.5, 0.6) is 0 Å². The molecule has 1 atom stereocenters. The Balaban J connectivity index is 1.69. The van der Waals surface area contributed by atoms with Gasteiger partial charge in [-0.1, -0.05) is 11.6 Å². The molecule has 2 fully saturated rings. The van der Waals surface area contributed by atoms with Crippen molar-refractivity contribution in [3.05, 3.63) is 23.2 Å². The molecule has 0 aromatic heterocycles. The lowest BCUT2D eigenvalue weighted by Crippen LogP contribution is -2.45. The van der Waals surface area contributed by atoms with E-state index in [0.29, 0.717) is 38.2 Å². The summed E-state index contributed by atoms with van der Waals surface area (Å²) in [6.45, 7) is 7.13. The monoisotopic (exact) mass is 471 g/mol. The molecular formula is C21H30ClN3O5S. The third-order valence-electron chi connectivity index (χ3n) is 5.33. The predicted octanol–water partition coefficient (Wildman–Crippen LogP) is 3.71. The molecule has 1 aromatic rings. The molecule has 2 aliphatic heterocycles. The van der Waals surface area contributed by atoms with E-state index in [1.807, 2.05) is 0 Å². The van der Waals surface area contributed by atoms with Crippen LogP contribution in [0.3, 0.4) is 0 Å². The molecule has 2 heterocycles. The van der Waals surface area contributed by atoms with Crippen molar-refractivity contribution in [2.24, 2.45) is 5.92 Å². The molecule has 0 bridgehead atoms. The number of sulfonamides is 1. The van der Waals surface area contributed by atoms with Gasteiger partial charge < -0.3 is 15.0 Å². The minimum Gasteiger partial charge on any atom is -0.444 e. The first-order chi connectivity index (χ1) is 14.5. The average Bonchev–Trinajstić information content (AvgIpc) is 3.24. The maximum Gasteiger partial charge on any atom is 0.410 e. The Bertz CT molecular complexity index is 939. The highest BCUT2D eigenvalue weighted by Gasteiger charge is 2.32. The summed E-state index contributed by atoms with van der Waals surface area (Å²) in [6.07, 6.45) is 2.53. The van der Waals surface area contributed by atoms with E-state index in [0.717, 1.165) is 12.8 Å². The second-order valence-corrected chi connectivity index (χ2v) is 11.3. The Morgan fingerprint density at radius 2 is 1.81 bits per heavy atom. The van der Waals surface area contributed by atoms with Crippen molar-refractivity contribution < 1.29 is 22.7 Å². The first kappa shape index (κ1) is 23.8. The van der Waals surface area contributed by atoms with E-state index < -0.39 is 27.6 Å². The van der Waals surface area contributed by atoms with Gasteiger partial charge in [-0.3, -0.25) is 4.79 Å². The minimum absolute atomic E-state index is 0.00658. The largest absolute Gasteiger partial charge is 0.444 e. The number of hydrogen-bond donors (Lipinski definition) is 1. The summed E-state index contributed by atoms with van der Waals surface area (Å²) in [4.78, 5) is 26.7. The van der Waals surface area contributed by atoms with Gasteiger partial charge in [0.15, 0.2) is 0 Å². The molecule has 10 heteroatoms. The van der Waals surface area contributed by atoms with Crippen LogP contribution in [-0.4, -0.2) is 61.4 Å². The molecule has 1 aromatic carbocycles. The number of rotatable bonds is 4. The third kappa shape index (κ3) is 5.90. The van der Waals surface area contributed by atoms with Gasteiger partial charge in [0.1, 0.15) is 10.5 Å². The molecule has 31 heavy (non-hydrogen) atoms. The van der Waals surface area contributed by atoms with Crippen LogP contribution in [0.1, 0.15) is 46.5 Å². The van der Waals surface area contributed by atoms with E-state index in [9.17, 15) is 18.0 Å². The molecule has 1 unspecified atom stereocenters. The maximum atomic E-state index is 12.9. The quantitative estimate of drug-likeness (QED) is 0.722. The maximum absolute atomic E-state index is 12.9. The Kier molecular flexibility index (Phi) is 7.18. The van der Waals surface area contributed by atoms with Crippen molar-refractivity contribution >= 4 is 39.3 Å². The highest BCUT2D eigenvalue weighted by molar-refractivity contribution is 7.89. The zero-order valence-electron chi connectivity index (χ0n) is 18.2. The summed E-state index contributed by atoms with van der Waals surface area (Å²) in [5.74, 6) is -0.671. The number of benzene rings is 1. The second-order valence-electron chi connectivity index (χ2n) is 9.01. The van der Waals surface area contributed by atoms with E-state index >= 15 is 0 Å². The Hall–Kier alpha value is -1.84. The van der Waals surface area contributed by atoms with Crippen molar-refractivity contribution in [2.45, 2.75) is 57.0 Å². The summed E-state index contributed by atoms with van der Waals surface area (Å²) in [5, 5.41) is 2.91. The fourth-order valence-electron chi connectivity index (χ4n) is 3.77. The molecule has 0 radical (unpaired) electrons. The number of carbonyl (C=O) groups is 2. The molecule has 1 N–H and O–H groups in total. The first-order valence-corrected chi connectivity index (χ1v) is 12.4. The molecule has 0 aliphatic carbocycles. The summed E-state index contributed by atoms with van der Waals surface area (Å²) < 4.78 is 32.6. The van der Waals surface area contributed by atoms with Gasteiger partial charge in [-0.2, -0.15) is 4.31 Å². The van der Waals surface area contributed by atoms with Crippen LogP contribution in [-0.2, 0) is 19.6 Å². The second kappa shape index (κ2) is 9.34. The van der Waals surface area contributed by atoms with Gasteiger partial charge in [-0.15, -0.1) is 0 Å². The highest BCUT2D eigenvalue weighted by atomic mass is 35.5. The summed E-state index contributed by atoms with van der Waals surface area (Å²) in [6, 6.07) is 4.47. The molecule has 8 nitrogen and oxygen atoms in total. The summed E-state index contributed by atoms with van der Waals surface area (Å²) in [5.41, 5.74) is -0.242. The van der Waals surface area contributed by atoms with Crippen molar-refractivity contribution in [1.82, 2.24) is 9.21 Å². The minimum atomic E-state index is -3.71. The summed E-state index contributed by atoms with van der Waals surface area (Å²) in [7, 11) is -3.71. The molecular weight excluding hydrogens is 442 g/mol. The Morgan fingerprint density at radius 1 is 1.13 bits per heavy atom. The molecule has 2 saturated heterocycles. The van der Waals surface area contributed by atoms with E-state index in [2.05, 4.69) is 5.32 Å². The zero-order valence-corrected chi connectivity index (χ0v) is 19.8. The van der Waals surface area contributed by atoms with Gasteiger partial charge in [-0.25, -0.2) is 13.2 Å². The number of likely N-dealkylation sites (tertiary alicyclic amines) is 1. The Morgan fingerprint density at radius 3 is 2.45 bits per heavy atom. The van der Waals surface area contributed by atoms with E-state index in [-0.39, 0.29) is 22.4 Å². The number of nitrogens with one attached hydrogen (secondary N) is 1. The van der Waals surface area contributed by atoms with Gasteiger partial charge in [-0.05, 0) is 64.7 Å². The van der Waals surface area contributed by atoms with Crippen molar-refractivity contribution in [2.75, 3.05) is 31.5 Å². The number of halogens is 1. The standard InChI is InChI=1S/C21H30ClN3O5S/c1-21(2,3)30-20(27)24-10-6-7-15(14-24)19(26)23-16-8-9-17(22)18(13-16)31(28,29)25-11-4-5-12-25/h8-9,13,15H,4-7,10-12,14H2,1-3H3,(H,23,26). The number of carbonyl (C=O) groups excluding carboxylic acids is 2. The molecule has 2 amide bonds. The van der Waals surface area contributed by atoms with Gasteiger partial charge in [0, 0.05) is 31.9 Å². The number of amides is 2. The smallest absolute Gasteiger partial charge is 0.410 e. The van der Waals surface area contributed by atoms with Crippen LogP contribution in [0.25, 0.3) is 0 Å². The van der Waals surface area contributed by atoms with Crippen LogP contribution >= 0.6 is 11.6 Å². The first-order valence-electron chi connectivity index (χ1n) is 10.6. The molecule has 172 valence electrons. The van der Waals surface area contributed by atoms with Crippen LogP contribution in [0, 0.1) is 5.92 Å². The third-order valence-corrected chi connectivity index (χ3v) is 7.71. The molecule has 3 rings (SSSR count). The van der Waals surface area contributed by atoms with Crippen LogP contribution < -0.4 is 5.32 Å². The van der Waals surface area contributed by atoms with E-state index in [1.54, 1.807) is 31.7 Å². The van der Waals surface area contributed by atoms with Crippen molar-refractivity contribution in [1.29, 1.82) is 0 Å². The van der Waals surface area contributed by atoms with Gasteiger partial charge in [0.2, 0.25) is 15.9 Å². The number of piperidine rings is 1. The molecule has 2 aliphatic rings. The lowest BCUT2D eigenvalue weighted by Gasteiger charge is -2.33. The Labute approximate surface area is 188 Å². The normalized spacial score (nSPS) is 20.5. The average molecular weight is 472 g/mol. The van der Waals surface area contributed by atoms with Crippen molar-refractivity contribution in [3.63, 3.8) is 0 Å². The number of nitrogens with zero attached hydrogens (tertiary/aromatic N) is 2. The lowest BCUT2D eigenvalue weighted by atomic mass is 9.97. The van der Waals surface area contributed by atoms with E-state index in [4.69, 9.17) is 16.3 Å². The number of ether oxygens (including phenoxy) is 1. The zero-order chi connectivity index (χ0) is 22.8. The van der Waals surface area contributed by atoms with Gasteiger partial charge in [0.05, 0.1) is 10.9 Å². The fourth-order valence-corrected chi connectivity index (χ4v) is 5.79. The van der Waals surface area contributed by atoms with Gasteiger partial charge >= 0.3 is 6.09 Å². The topological polar surface area (TPSA) is 96.0 Å². The van der Waals surface area contributed by atoms with E-state index in [1.165, 1.54) is 16.4 Å². The van der Waals surface area contributed by atoms with Crippen LogP contribution in [0.4, 0.5) is 10.5 Å². The highest BCUT2D eigenvalue weighted by Crippen LogP contribution is 2.30. The SMILES string of the molecule is CC(C)(C)OC(=O)N1CCCC(C(=O)Nc2ccc(Cl)c(S(=O)(=O)N3CCCC3)c2)C1. The predicted molar refractivity (Wildman–Crippen MR) is 119 cm³/mol. The molecule has 0 spiro atoms. The van der Waals surface area contributed by atoms with Crippen LogP contribution in [0.15, 0.2) is 23.1 Å². The van der Waals surface area contributed by atoms with Crippen LogP contribution in [0.2, 0.25) is 5.02 Å². The van der Waals surface area contributed by atoms with Crippen molar-refractivity contribution in [3.8, 4) is 0 Å². The molecule has 0 saturated carbocycles. The number of anilines is 1. The fraction of sp³-hybridized carbons (Fsp3) is 0.619. The number of hydrogen-bond acceptors (Lipinski definition) is 5. The van der Waals surface area contributed by atoms with Gasteiger partial charge in [0.25, 0.3) is 0 Å². The summed E-state index contributed by atoms with van der Waals surface area (Å²) >= 11 is 6.17.